The van der Waals surface area contributed by atoms with E-state index < -0.39 is 11.6 Å². The van der Waals surface area contributed by atoms with E-state index in [0.29, 0.717) is 25.4 Å². The van der Waals surface area contributed by atoms with Crippen LogP contribution in [0.1, 0.15) is 44.7 Å². The molecule has 0 radical (unpaired) electrons. The fourth-order valence-corrected chi connectivity index (χ4v) is 4.72. The fraction of sp³-hybridized carbons (Fsp3) is 0.429. The van der Waals surface area contributed by atoms with Gasteiger partial charge in [0.25, 0.3) is 0 Å². The number of hydrogen-bond donors (Lipinski definition) is 3. The van der Waals surface area contributed by atoms with Crippen LogP contribution in [0.5, 0.6) is 0 Å². The molecule has 7 nitrogen and oxygen atoms in total. The van der Waals surface area contributed by atoms with Gasteiger partial charge in [0.15, 0.2) is 0 Å². The number of anilines is 1. The van der Waals surface area contributed by atoms with Gasteiger partial charge in [-0.15, -0.1) is 0 Å². The monoisotopic (exact) mass is 475 g/mol. The highest BCUT2D eigenvalue weighted by atomic mass is 16.2. The number of nitrogens with one attached hydrogen (secondary N) is 2. The number of carbonyl (C=O) groups is 2. The number of fused-ring (bicyclic) bond motifs is 1. The molecule has 1 aliphatic rings. The lowest BCUT2D eigenvalue weighted by molar-refractivity contribution is -0.137. The lowest BCUT2D eigenvalue weighted by Crippen LogP contribution is -2.59. The number of aromatic nitrogens is 1. The summed E-state index contributed by atoms with van der Waals surface area (Å²) in [4.78, 5) is 33.9. The average Bonchev–Trinajstić information content (AvgIpc) is 3.25. The molecule has 186 valence electrons. The standard InChI is InChI=1S/C28H37N5O2/c1-19(2)21-9-6-8-12-25(21)32-13-15-33(16-14-32)26(34)24(31-27(35)28(3,4)29)17-20-18-30-23-11-7-5-10-22(20)23/h5-12,18-19,24,30H,13-17,29H2,1-4H3,(H,31,35)/t24-/m1/s1. The molecule has 1 saturated heterocycles. The molecular weight excluding hydrogens is 438 g/mol. The first-order chi connectivity index (χ1) is 16.6. The molecular formula is C28H37N5O2. The Kier molecular flexibility index (Phi) is 7.17. The van der Waals surface area contributed by atoms with Crippen LogP contribution in [-0.4, -0.2) is 59.5 Å². The van der Waals surface area contributed by atoms with E-state index in [9.17, 15) is 9.59 Å². The van der Waals surface area contributed by atoms with Crippen molar-refractivity contribution in [1.82, 2.24) is 15.2 Å². The van der Waals surface area contributed by atoms with Crippen molar-refractivity contribution in [3.8, 4) is 0 Å². The summed E-state index contributed by atoms with van der Waals surface area (Å²) >= 11 is 0. The van der Waals surface area contributed by atoms with Crippen molar-refractivity contribution >= 4 is 28.4 Å². The van der Waals surface area contributed by atoms with Crippen LogP contribution >= 0.6 is 0 Å². The minimum atomic E-state index is -1.07. The third-order valence-corrected chi connectivity index (χ3v) is 6.78. The van der Waals surface area contributed by atoms with E-state index in [-0.39, 0.29) is 11.8 Å². The van der Waals surface area contributed by atoms with Crippen molar-refractivity contribution in [2.45, 2.75) is 51.6 Å². The maximum Gasteiger partial charge on any atom is 0.245 e. The number of para-hydroxylation sites is 2. The van der Waals surface area contributed by atoms with E-state index >= 15 is 0 Å². The third kappa shape index (κ3) is 5.51. The summed E-state index contributed by atoms with van der Waals surface area (Å²) in [5, 5.41) is 4.00. The SMILES string of the molecule is CC(C)c1ccccc1N1CCN(C(=O)[C@@H](Cc2c[nH]c3ccccc23)NC(=O)C(C)(C)N)CC1. The van der Waals surface area contributed by atoms with Crippen LogP contribution in [0.4, 0.5) is 5.69 Å². The quantitative estimate of drug-likeness (QED) is 0.488. The molecule has 2 amide bonds. The molecule has 1 aromatic heterocycles. The van der Waals surface area contributed by atoms with Crippen LogP contribution in [0, 0.1) is 0 Å². The Morgan fingerprint density at radius 2 is 1.69 bits per heavy atom. The summed E-state index contributed by atoms with van der Waals surface area (Å²) in [5.41, 5.74) is 9.54. The molecule has 0 unspecified atom stereocenters. The summed E-state index contributed by atoms with van der Waals surface area (Å²) in [7, 11) is 0. The van der Waals surface area contributed by atoms with E-state index in [1.165, 1.54) is 11.3 Å². The zero-order valence-corrected chi connectivity index (χ0v) is 21.2. The van der Waals surface area contributed by atoms with Gasteiger partial charge in [0.1, 0.15) is 6.04 Å². The molecule has 2 heterocycles. The smallest absolute Gasteiger partial charge is 0.245 e. The molecule has 35 heavy (non-hydrogen) atoms. The van der Waals surface area contributed by atoms with Gasteiger partial charge in [0.2, 0.25) is 11.8 Å². The highest BCUT2D eigenvalue weighted by Gasteiger charge is 2.33. The first-order valence-electron chi connectivity index (χ1n) is 12.4. The van der Waals surface area contributed by atoms with Crippen molar-refractivity contribution in [2.75, 3.05) is 31.1 Å². The normalized spacial score (nSPS) is 15.5. The first-order valence-corrected chi connectivity index (χ1v) is 12.4. The Morgan fingerprint density at radius 3 is 2.37 bits per heavy atom. The number of piperazine rings is 1. The van der Waals surface area contributed by atoms with Crippen molar-refractivity contribution in [1.29, 1.82) is 0 Å². The summed E-state index contributed by atoms with van der Waals surface area (Å²) in [6, 6.07) is 15.8. The van der Waals surface area contributed by atoms with Gasteiger partial charge in [-0.1, -0.05) is 50.2 Å². The number of H-pyrrole nitrogens is 1. The molecule has 2 aromatic carbocycles. The van der Waals surface area contributed by atoms with Gasteiger partial charge in [-0.3, -0.25) is 9.59 Å². The Bertz CT molecular complexity index is 1190. The molecule has 1 atom stereocenters. The topological polar surface area (TPSA) is 94.5 Å². The average molecular weight is 476 g/mol. The van der Waals surface area contributed by atoms with Crippen LogP contribution in [0.3, 0.4) is 0 Å². The lowest BCUT2D eigenvalue weighted by atomic mass is 9.99. The second-order valence-electron chi connectivity index (χ2n) is 10.3. The zero-order valence-electron chi connectivity index (χ0n) is 21.2. The van der Waals surface area contributed by atoms with E-state index in [4.69, 9.17) is 5.73 Å². The van der Waals surface area contributed by atoms with Crippen LogP contribution < -0.4 is 16.0 Å². The van der Waals surface area contributed by atoms with Crippen molar-refractivity contribution in [3.05, 3.63) is 65.9 Å². The number of nitrogens with zero attached hydrogens (tertiary/aromatic N) is 2. The molecule has 4 N–H and O–H groups in total. The van der Waals surface area contributed by atoms with Crippen molar-refractivity contribution in [2.24, 2.45) is 5.73 Å². The number of rotatable bonds is 7. The molecule has 0 spiro atoms. The fourth-order valence-electron chi connectivity index (χ4n) is 4.72. The first kappa shape index (κ1) is 24.8. The highest BCUT2D eigenvalue weighted by Crippen LogP contribution is 2.28. The van der Waals surface area contributed by atoms with Gasteiger partial charge in [0, 0.05) is 55.4 Å². The Morgan fingerprint density at radius 1 is 1.03 bits per heavy atom. The summed E-state index contributed by atoms with van der Waals surface area (Å²) in [6.07, 6.45) is 2.33. The summed E-state index contributed by atoms with van der Waals surface area (Å²) in [6.45, 7) is 10.4. The minimum Gasteiger partial charge on any atom is -0.368 e. The maximum absolute atomic E-state index is 13.7. The molecule has 7 heteroatoms. The van der Waals surface area contributed by atoms with Gasteiger partial charge in [-0.05, 0) is 43.0 Å². The van der Waals surface area contributed by atoms with Crippen LogP contribution in [0.15, 0.2) is 54.7 Å². The molecule has 4 rings (SSSR count). The number of hydrogen-bond acceptors (Lipinski definition) is 4. The number of amides is 2. The summed E-state index contributed by atoms with van der Waals surface area (Å²) in [5.74, 6) is 0.0334. The van der Waals surface area contributed by atoms with E-state index in [0.717, 1.165) is 29.6 Å². The number of nitrogens with two attached hydrogens (primary N) is 1. The highest BCUT2D eigenvalue weighted by molar-refractivity contribution is 5.92. The summed E-state index contributed by atoms with van der Waals surface area (Å²) < 4.78 is 0. The lowest BCUT2D eigenvalue weighted by Gasteiger charge is -2.39. The number of carbonyl (C=O) groups excluding carboxylic acids is 2. The van der Waals surface area contributed by atoms with Crippen molar-refractivity contribution in [3.63, 3.8) is 0 Å². The van der Waals surface area contributed by atoms with Crippen molar-refractivity contribution < 1.29 is 9.59 Å². The molecule has 1 aliphatic heterocycles. The zero-order chi connectivity index (χ0) is 25.2. The second kappa shape index (κ2) is 10.1. The molecule has 0 aliphatic carbocycles. The van der Waals surface area contributed by atoms with Gasteiger partial charge in [0.05, 0.1) is 5.54 Å². The molecule has 0 saturated carbocycles. The maximum atomic E-state index is 13.7. The van der Waals surface area contributed by atoms with Crippen LogP contribution in [0.25, 0.3) is 10.9 Å². The minimum absolute atomic E-state index is 0.0651. The van der Waals surface area contributed by atoms with Gasteiger partial charge < -0.3 is 25.8 Å². The molecule has 3 aromatic rings. The Labute approximate surface area is 207 Å². The van der Waals surface area contributed by atoms with Crippen LogP contribution in [-0.2, 0) is 16.0 Å². The van der Waals surface area contributed by atoms with E-state index in [1.807, 2.05) is 35.4 Å². The van der Waals surface area contributed by atoms with Gasteiger partial charge in [-0.2, -0.15) is 0 Å². The predicted octanol–water partition coefficient (Wildman–Crippen LogP) is 3.40. The van der Waals surface area contributed by atoms with Crippen LogP contribution in [0.2, 0.25) is 0 Å². The Hall–Kier alpha value is -3.32. The van der Waals surface area contributed by atoms with E-state index in [2.05, 4.69) is 53.3 Å². The van der Waals surface area contributed by atoms with E-state index in [1.54, 1.807) is 13.8 Å². The second-order valence-corrected chi connectivity index (χ2v) is 10.3. The third-order valence-electron chi connectivity index (χ3n) is 6.78. The predicted molar refractivity (Wildman–Crippen MR) is 142 cm³/mol. The number of benzene rings is 2. The van der Waals surface area contributed by atoms with Gasteiger partial charge in [-0.25, -0.2) is 0 Å². The Balaban J connectivity index is 1.51. The van der Waals surface area contributed by atoms with Gasteiger partial charge >= 0.3 is 0 Å². The largest absolute Gasteiger partial charge is 0.368 e. The number of aromatic amines is 1. The molecule has 0 bridgehead atoms. The molecule has 1 fully saturated rings.